The van der Waals surface area contributed by atoms with Crippen LogP contribution >= 0.6 is 11.8 Å². The van der Waals surface area contributed by atoms with E-state index in [0.717, 1.165) is 0 Å². The zero-order chi connectivity index (χ0) is 15.5. The zero-order valence-corrected chi connectivity index (χ0v) is 12.5. The van der Waals surface area contributed by atoms with E-state index in [1.165, 1.54) is 28.5 Å². The van der Waals surface area contributed by atoms with Crippen LogP contribution in [0.3, 0.4) is 0 Å². The van der Waals surface area contributed by atoms with E-state index in [9.17, 15) is 9.18 Å². The van der Waals surface area contributed by atoms with Gasteiger partial charge in [-0.15, -0.1) is 6.58 Å². The van der Waals surface area contributed by atoms with Gasteiger partial charge in [-0.05, 0) is 30.3 Å². The molecule has 0 saturated heterocycles. The lowest BCUT2D eigenvalue weighted by molar-refractivity contribution is 0.625. The predicted octanol–water partition coefficient (Wildman–Crippen LogP) is 3.80. The number of para-hydroxylation sites is 1. The van der Waals surface area contributed by atoms with Crippen LogP contribution < -0.4 is 5.56 Å². The van der Waals surface area contributed by atoms with Crippen LogP contribution in [-0.2, 0) is 0 Å². The molecule has 22 heavy (non-hydrogen) atoms. The summed E-state index contributed by atoms with van der Waals surface area (Å²) in [4.78, 5) is 17.3. The number of benzene rings is 2. The van der Waals surface area contributed by atoms with Crippen molar-refractivity contribution in [1.82, 2.24) is 9.55 Å². The maximum Gasteiger partial charge on any atom is 0.266 e. The Balaban J connectivity index is 2.32. The fourth-order valence-electron chi connectivity index (χ4n) is 2.19. The van der Waals surface area contributed by atoms with Gasteiger partial charge in [0.2, 0.25) is 0 Å². The molecule has 0 amide bonds. The fourth-order valence-corrected chi connectivity index (χ4v) is 2.93. The Morgan fingerprint density at radius 1 is 1.23 bits per heavy atom. The lowest BCUT2D eigenvalue weighted by Gasteiger charge is -2.12. The number of halogens is 1. The minimum absolute atomic E-state index is 0.206. The first-order valence-electron chi connectivity index (χ1n) is 6.72. The monoisotopic (exact) mass is 312 g/mol. The molecule has 0 bridgehead atoms. The molecule has 0 radical (unpaired) electrons. The fraction of sp³-hybridized carbons (Fsp3) is 0.0588. The Labute approximate surface area is 131 Å². The summed E-state index contributed by atoms with van der Waals surface area (Å²) in [6.45, 7) is 3.68. The van der Waals surface area contributed by atoms with Crippen molar-refractivity contribution in [3.8, 4) is 5.69 Å². The third-order valence-corrected chi connectivity index (χ3v) is 4.08. The van der Waals surface area contributed by atoms with Gasteiger partial charge in [-0.1, -0.05) is 36.0 Å². The molecule has 3 nitrogen and oxygen atoms in total. The maximum absolute atomic E-state index is 13.5. The van der Waals surface area contributed by atoms with Crippen molar-refractivity contribution in [3.05, 3.63) is 77.4 Å². The number of aromatic nitrogens is 2. The molecule has 2 aromatic carbocycles. The summed E-state index contributed by atoms with van der Waals surface area (Å²) < 4.78 is 15.0. The van der Waals surface area contributed by atoms with Gasteiger partial charge < -0.3 is 0 Å². The Bertz CT molecular complexity index is 905. The molecule has 0 atom stereocenters. The molecular formula is C17H13FN2OS. The van der Waals surface area contributed by atoms with E-state index in [2.05, 4.69) is 11.6 Å². The second kappa shape index (κ2) is 6.15. The average Bonchev–Trinajstić information content (AvgIpc) is 2.53. The van der Waals surface area contributed by atoms with Crippen LogP contribution in [0.25, 0.3) is 16.6 Å². The molecule has 3 rings (SSSR count). The number of hydrogen-bond donors (Lipinski definition) is 0. The van der Waals surface area contributed by atoms with E-state index in [1.807, 2.05) is 6.07 Å². The van der Waals surface area contributed by atoms with E-state index in [4.69, 9.17) is 0 Å². The first-order valence-corrected chi connectivity index (χ1v) is 7.70. The van der Waals surface area contributed by atoms with Crippen molar-refractivity contribution >= 4 is 22.7 Å². The molecule has 1 aromatic heterocycles. The number of hydrogen-bond acceptors (Lipinski definition) is 3. The van der Waals surface area contributed by atoms with Gasteiger partial charge in [-0.3, -0.25) is 9.36 Å². The molecular weight excluding hydrogens is 299 g/mol. The molecule has 0 unspecified atom stereocenters. The molecule has 3 aromatic rings. The normalized spacial score (nSPS) is 10.8. The Morgan fingerprint density at radius 3 is 2.82 bits per heavy atom. The minimum Gasteiger partial charge on any atom is -0.268 e. The van der Waals surface area contributed by atoms with Crippen LogP contribution in [0.4, 0.5) is 4.39 Å². The topological polar surface area (TPSA) is 34.9 Å². The van der Waals surface area contributed by atoms with Crippen LogP contribution in [0, 0.1) is 5.82 Å². The summed E-state index contributed by atoms with van der Waals surface area (Å²) >= 11 is 1.39. The number of rotatable bonds is 4. The third-order valence-electron chi connectivity index (χ3n) is 3.14. The van der Waals surface area contributed by atoms with Gasteiger partial charge in [0.1, 0.15) is 5.82 Å². The highest BCUT2D eigenvalue weighted by Gasteiger charge is 2.13. The largest absolute Gasteiger partial charge is 0.268 e. The van der Waals surface area contributed by atoms with Crippen molar-refractivity contribution < 1.29 is 4.39 Å². The first-order chi connectivity index (χ1) is 10.7. The SMILES string of the molecule is C=CCSc1nc2ccccc2c(=O)n1-c1cccc(F)c1. The first kappa shape index (κ1) is 14.5. The second-order valence-electron chi connectivity index (χ2n) is 4.63. The van der Waals surface area contributed by atoms with Gasteiger partial charge in [0.05, 0.1) is 16.6 Å². The van der Waals surface area contributed by atoms with Crippen molar-refractivity contribution in [2.45, 2.75) is 5.16 Å². The predicted molar refractivity (Wildman–Crippen MR) is 88.2 cm³/mol. The lowest BCUT2D eigenvalue weighted by Crippen LogP contribution is -2.21. The molecule has 0 spiro atoms. The van der Waals surface area contributed by atoms with Gasteiger partial charge in [0.25, 0.3) is 5.56 Å². The summed E-state index contributed by atoms with van der Waals surface area (Å²) in [6.07, 6.45) is 1.74. The highest BCUT2D eigenvalue weighted by molar-refractivity contribution is 7.99. The van der Waals surface area contributed by atoms with Gasteiger partial charge in [0, 0.05) is 5.75 Å². The Kier molecular flexibility index (Phi) is 4.06. The average molecular weight is 312 g/mol. The molecule has 110 valence electrons. The summed E-state index contributed by atoms with van der Waals surface area (Å²) in [5.74, 6) is 0.220. The molecule has 5 heteroatoms. The minimum atomic E-state index is -0.391. The summed E-state index contributed by atoms with van der Waals surface area (Å²) in [7, 11) is 0. The lowest BCUT2D eigenvalue weighted by atomic mass is 10.2. The molecule has 1 heterocycles. The molecule has 0 saturated carbocycles. The van der Waals surface area contributed by atoms with E-state index >= 15 is 0 Å². The molecule has 0 aliphatic rings. The zero-order valence-electron chi connectivity index (χ0n) is 11.7. The van der Waals surface area contributed by atoms with Gasteiger partial charge in [-0.2, -0.15) is 0 Å². The van der Waals surface area contributed by atoms with Crippen molar-refractivity contribution in [2.24, 2.45) is 0 Å². The van der Waals surface area contributed by atoms with Gasteiger partial charge >= 0.3 is 0 Å². The highest BCUT2D eigenvalue weighted by atomic mass is 32.2. The van der Waals surface area contributed by atoms with Crippen molar-refractivity contribution in [3.63, 3.8) is 0 Å². The second-order valence-corrected chi connectivity index (χ2v) is 5.62. The molecule has 0 aliphatic heterocycles. The van der Waals surface area contributed by atoms with Crippen LogP contribution in [0.1, 0.15) is 0 Å². The number of nitrogens with zero attached hydrogens (tertiary/aromatic N) is 2. The van der Waals surface area contributed by atoms with E-state index in [-0.39, 0.29) is 5.56 Å². The molecule has 0 aliphatic carbocycles. The standard InChI is InChI=1S/C17H13FN2OS/c1-2-10-22-17-19-15-9-4-3-8-14(15)16(21)20(17)13-7-5-6-12(18)11-13/h2-9,11H,1,10H2. The number of thioether (sulfide) groups is 1. The smallest absolute Gasteiger partial charge is 0.266 e. The Hall–Kier alpha value is -2.40. The van der Waals surface area contributed by atoms with Crippen LogP contribution in [-0.4, -0.2) is 15.3 Å². The molecule has 0 fully saturated rings. The van der Waals surface area contributed by atoms with Crippen LogP contribution in [0.2, 0.25) is 0 Å². The van der Waals surface area contributed by atoms with E-state index < -0.39 is 5.82 Å². The number of fused-ring (bicyclic) bond motifs is 1. The summed E-state index contributed by atoms with van der Waals surface area (Å²) in [6, 6.07) is 13.1. The Morgan fingerprint density at radius 2 is 2.05 bits per heavy atom. The van der Waals surface area contributed by atoms with E-state index in [1.54, 1.807) is 36.4 Å². The van der Waals surface area contributed by atoms with Crippen molar-refractivity contribution in [1.29, 1.82) is 0 Å². The highest BCUT2D eigenvalue weighted by Crippen LogP contribution is 2.21. The molecule has 0 N–H and O–H groups in total. The summed E-state index contributed by atoms with van der Waals surface area (Å²) in [5, 5.41) is 1.03. The quantitative estimate of drug-likeness (QED) is 0.417. The van der Waals surface area contributed by atoms with E-state index in [0.29, 0.717) is 27.5 Å². The third kappa shape index (κ3) is 2.67. The van der Waals surface area contributed by atoms with Crippen LogP contribution in [0.5, 0.6) is 0 Å². The van der Waals surface area contributed by atoms with Gasteiger partial charge in [0.15, 0.2) is 5.16 Å². The van der Waals surface area contributed by atoms with Crippen molar-refractivity contribution in [2.75, 3.05) is 5.75 Å². The van der Waals surface area contributed by atoms with Gasteiger partial charge in [-0.25, -0.2) is 9.37 Å². The maximum atomic E-state index is 13.5. The summed E-state index contributed by atoms with van der Waals surface area (Å²) in [5.41, 5.74) is 0.893. The van der Waals surface area contributed by atoms with Crippen LogP contribution in [0.15, 0.2) is 71.1 Å².